The van der Waals surface area contributed by atoms with Gasteiger partial charge in [-0.05, 0) is 13.8 Å². The molecular weight excluding hydrogens is 152 g/mol. The number of hydrogen-bond acceptors (Lipinski definition) is 3. The fourth-order valence-corrected chi connectivity index (χ4v) is 0.631. The minimum atomic E-state index is 0.815. The highest BCUT2D eigenvalue weighted by molar-refractivity contribution is 5.32. The molecular formula is C9H18N2O. The van der Waals surface area contributed by atoms with Crippen LogP contribution in [0.25, 0.3) is 0 Å². The highest BCUT2D eigenvalue weighted by Gasteiger charge is 1.94. The first-order valence-electron chi connectivity index (χ1n) is 4.41. The molecule has 0 spiro atoms. The van der Waals surface area contributed by atoms with Gasteiger partial charge in [-0.2, -0.15) is 0 Å². The van der Waals surface area contributed by atoms with E-state index >= 15 is 0 Å². The maximum atomic E-state index is 4.80. The predicted octanol–water partition coefficient (Wildman–Crippen LogP) is 2.83. The zero-order valence-electron chi connectivity index (χ0n) is 8.35. The van der Waals surface area contributed by atoms with Gasteiger partial charge in [-0.3, -0.25) is 0 Å². The summed E-state index contributed by atoms with van der Waals surface area (Å²) >= 11 is 0. The van der Waals surface area contributed by atoms with Gasteiger partial charge >= 0.3 is 0 Å². The molecule has 0 aliphatic carbocycles. The zero-order chi connectivity index (χ0) is 9.40. The summed E-state index contributed by atoms with van der Waals surface area (Å²) in [5, 5.41) is 6.74. The molecule has 0 saturated carbocycles. The Labute approximate surface area is 74.1 Å². The Morgan fingerprint density at radius 2 is 2.00 bits per heavy atom. The fraction of sp³-hybridized carbons (Fsp3) is 0.667. The van der Waals surface area contributed by atoms with Crippen LogP contribution in [0.5, 0.6) is 0 Å². The Balaban J connectivity index is 0.000000354. The van der Waals surface area contributed by atoms with E-state index < -0.39 is 0 Å². The molecule has 0 atom stereocenters. The van der Waals surface area contributed by atoms with Crippen LogP contribution >= 0.6 is 0 Å². The van der Waals surface area contributed by atoms with Gasteiger partial charge in [-0.25, -0.2) is 0 Å². The molecule has 0 saturated heterocycles. The Morgan fingerprint density at radius 1 is 1.42 bits per heavy atom. The smallest absolute Gasteiger partial charge is 0.169 e. The minimum Gasteiger partial charge on any atom is -0.368 e. The topological polar surface area (TPSA) is 38.1 Å². The standard InChI is InChI=1S/C6H10N2O.C3H8/c1-3-7-6-4-5(2)9-8-6;1-3-2/h4H,3H2,1-2H3,(H,7,8);3H2,1-2H3. The van der Waals surface area contributed by atoms with E-state index in [2.05, 4.69) is 24.3 Å². The summed E-state index contributed by atoms with van der Waals surface area (Å²) in [5.74, 6) is 1.65. The maximum Gasteiger partial charge on any atom is 0.169 e. The second kappa shape index (κ2) is 6.70. The predicted molar refractivity (Wildman–Crippen MR) is 51.4 cm³/mol. The van der Waals surface area contributed by atoms with Crippen molar-refractivity contribution >= 4 is 5.82 Å². The van der Waals surface area contributed by atoms with Gasteiger partial charge in [0, 0.05) is 12.6 Å². The van der Waals surface area contributed by atoms with Gasteiger partial charge in [-0.1, -0.05) is 25.4 Å². The Hall–Kier alpha value is -0.990. The van der Waals surface area contributed by atoms with E-state index in [1.165, 1.54) is 6.42 Å². The zero-order valence-corrected chi connectivity index (χ0v) is 8.35. The number of nitrogens with one attached hydrogen (secondary N) is 1. The van der Waals surface area contributed by atoms with Gasteiger partial charge in [0.25, 0.3) is 0 Å². The molecule has 0 fully saturated rings. The molecule has 1 N–H and O–H groups in total. The lowest BCUT2D eigenvalue weighted by molar-refractivity contribution is 0.400. The number of rotatable bonds is 2. The van der Waals surface area contributed by atoms with E-state index in [0.29, 0.717) is 0 Å². The molecule has 0 aliphatic heterocycles. The molecule has 12 heavy (non-hydrogen) atoms. The first-order chi connectivity index (χ1) is 5.74. The molecule has 1 rings (SSSR count). The third-order valence-electron chi connectivity index (χ3n) is 0.986. The van der Waals surface area contributed by atoms with Crippen LogP contribution in [0.3, 0.4) is 0 Å². The SMILES string of the molecule is CCC.CCNc1cc(C)on1. The fourth-order valence-electron chi connectivity index (χ4n) is 0.631. The van der Waals surface area contributed by atoms with Crippen LogP contribution < -0.4 is 5.32 Å². The van der Waals surface area contributed by atoms with Crippen molar-refractivity contribution in [3.63, 3.8) is 0 Å². The van der Waals surface area contributed by atoms with Crippen LogP contribution in [0.4, 0.5) is 5.82 Å². The van der Waals surface area contributed by atoms with Crippen molar-refractivity contribution in [1.29, 1.82) is 0 Å². The van der Waals surface area contributed by atoms with Crippen LogP contribution in [0, 0.1) is 6.92 Å². The largest absolute Gasteiger partial charge is 0.368 e. The van der Waals surface area contributed by atoms with E-state index in [4.69, 9.17) is 4.52 Å². The third-order valence-corrected chi connectivity index (χ3v) is 0.986. The molecule has 0 unspecified atom stereocenters. The van der Waals surface area contributed by atoms with Crippen LogP contribution in [-0.2, 0) is 0 Å². The van der Waals surface area contributed by atoms with E-state index in [0.717, 1.165) is 18.1 Å². The average Bonchev–Trinajstić information content (AvgIpc) is 2.38. The number of aromatic nitrogens is 1. The molecule has 0 radical (unpaired) electrons. The molecule has 1 aromatic heterocycles. The molecule has 0 bridgehead atoms. The van der Waals surface area contributed by atoms with Crippen molar-refractivity contribution in [2.75, 3.05) is 11.9 Å². The van der Waals surface area contributed by atoms with Crippen LogP contribution in [-0.4, -0.2) is 11.7 Å². The monoisotopic (exact) mass is 170 g/mol. The lowest BCUT2D eigenvalue weighted by Gasteiger charge is -1.90. The maximum absolute atomic E-state index is 4.80. The summed E-state index contributed by atoms with van der Waals surface area (Å²) in [6, 6.07) is 1.86. The molecule has 3 heteroatoms. The molecule has 3 nitrogen and oxygen atoms in total. The molecule has 0 aliphatic rings. The summed E-state index contributed by atoms with van der Waals surface area (Å²) in [7, 11) is 0. The first-order valence-corrected chi connectivity index (χ1v) is 4.41. The van der Waals surface area contributed by atoms with Crippen molar-refractivity contribution in [2.24, 2.45) is 0 Å². The summed E-state index contributed by atoms with van der Waals surface area (Å²) in [5.41, 5.74) is 0. The Kier molecular flexibility index (Phi) is 6.15. The van der Waals surface area contributed by atoms with Gasteiger partial charge in [0.2, 0.25) is 0 Å². The van der Waals surface area contributed by atoms with Crippen molar-refractivity contribution in [3.8, 4) is 0 Å². The van der Waals surface area contributed by atoms with Gasteiger partial charge in [0.15, 0.2) is 5.82 Å². The number of anilines is 1. The second-order valence-corrected chi connectivity index (χ2v) is 2.56. The van der Waals surface area contributed by atoms with Crippen LogP contribution in [0.1, 0.15) is 33.0 Å². The van der Waals surface area contributed by atoms with Crippen molar-refractivity contribution < 1.29 is 4.52 Å². The highest BCUT2D eigenvalue weighted by Crippen LogP contribution is 2.05. The molecule has 1 aromatic rings. The highest BCUT2D eigenvalue weighted by atomic mass is 16.5. The number of hydrogen-bond donors (Lipinski definition) is 1. The summed E-state index contributed by atoms with van der Waals surface area (Å²) < 4.78 is 4.80. The summed E-state index contributed by atoms with van der Waals surface area (Å²) in [4.78, 5) is 0. The third kappa shape index (κ3) is 4.77. The first kappa shape index (κ1) is 11.0. The minimum absolute atomic E-state index is 0.815. The average molecular weight is 170 g/mol. The molecule has 70 valence electrons. The van der Waals surface area contributed by atoms with Gasteiger partial charge in [0.1, 0.15) is 5.76 Å². The van der Waals surface area contributed by atoms with Crippen molar-refractivity contribution in [1.82, 2.24) is 5.16 Å². The van der Waals surface area contributed by atoms with E-state index in [1.807, 2.05) is 19.9 Å². The Bertz CT molecular complexity index is 196. The lowest BCUT2D eigenvalue weighted by atomic mass is 10.5. The van der Waals surface area contributed by atoms with Crippen molar-refractivity contribution in [3.05, 3.63) is 11.8 Å². The van der Waals surface area contributed by atoms with E-state index in [9.17, 15) is 0 Å². The number of nitrogens with zero attached hydrogens (tertiary/aromatic N) is 1. The quantitative estimate of drug-likeness (QED) is 0.741. The van der Waals surface area contributed by atoms with E-state index in [1.54, 1.807) is 0 Å². The van der Waals surface area contributed by atoms with Gasteiger partial charge in [-0.15, -0.1) is 0 Å². The van der Waals surface area contributed by atoms with Crippen LogP contribution in [0.15, 0.2) is 10.6 Å². The van der Waals surface area contributed by atoms with Crippen molar-refractivity contribution in [2.45, 2.75) is 34.1 Å². The normalized spacial score (nSPS) is 8.67. The van der Waals surface area contributed by atoms with Gasteiger partial charge < -0.3 is 9.84 Å². The van der Waals surface area contributed by atoms with Gasteiger partial charge in [0.05, 0.1) is 0 Å². The van der Waals surface area contributed by atoms with Crippen LogP contribution in [0.2, 0.25) is 0 Å². The summed E-state index contributed by atoms with van der Waals surface area (Å²) in [6.45, 7) is 9.02. The molecule has 1 heterocycles. The molecule has 0 aromatic carbocycles. The second-order valence-electron chi connectivity index (χ2n) is 2.56. The van der Waals surface area contributed by atoms with E-state index in [-0.39, 0.29) is 0 Å². The lowest BCUT2D eigenvalue weighted by Crippen LogP contribution is -1.95. The summed E-state index contributed by atoms with van der Waals surface area (Å²) in [6.07, 6.45) is 1.25. The Morgan fingerprint density at radius 3 is 2.33 bits per heavy atom. The molecule has 0 amide bonds. The number of aryl methyl sites for hydroxylation is 1.